The Labute approximate surface area is 160 Å². The Morgan fingerprint density at radius 1 is 0.739 bits per heavy atom. The van der Waals surface area contributed by atoms with Crippen LogP contribution in [-0.4, -0.2) is 15.0 Å². The SMILES string of the molecule is Nc1nc(Nc2cccc(I)c2)nc(Nc2cccc(I)c2)n1. The smallest absolute Gasteiger partial charge is 0.233 e. The highest BCUT2D eigenvalue weighted by molar-refractivity contribution is 14.1. The molecule has 0 atom stereocenters. The van der Waals surface area contributed by atoms with Gasteiger partial charge in [-0.25, -0.2) is 0 Å². The highest BCUT2D eigenvalue weighted by Gasteiger charge is 2.06. The van der Waals surface area contributed by atoms with Crippen molar-refractivity contribution in [2.75, 3.05) is 16.4 Å². The zero-order chi connectivity index (χ0) is 16.2. The monoisotopic (exact) mass is 530 g/mol. The van der Waals surface area contributed by atoms with Crippen LogP contribution in [0.2, 0.25) is 0 Å². The van der Waals surface area contributed by atoms with Crippen molar-refractivity contribution in [2.45, 2.75) is 0 Å². The van der Waals surface area contributed by atoms with E-state index in [1.807, 2.05) is 48.5 Å². The van der Waals surface area contributed by atoms with Crippen LogP contribution in [0.5, 0.6) is 0 Å². The summed E-state index contributed by atoms with van der Waals surface area (Å²) in [7, 11) is 0. The van der Waals surface area contributed by atoms with Gasteiger partial charge in [-0.3, -0.25) is 0 Å². The standard InChI is InChI=1S/C15H12I2N6/c16-9-3-1-5-11(7-9)19-14-21-13(18)22-15(23-14)20-12-6-2-4-10(17)8-12/h1-8H,(H4,18,19,20,21,22,23). The lowest BCUT2D eigenvalue weighted by atomic mass is 10.3. The van der Waals surface area contributed by atoms with Crippen molar-refractivity contribution >= 4 is 74.4 Å². The molecule has 0 spiro atoms. The molecule has 2 aromatic carbocycles. The maximum absolute atomic E-state index is 5.78. The molecule has 116 valence electrons. The summed E-state index contributed by atoms with van der Waals surface area (Å²) in [6.07, 6.45) is 0. The first-order valence-corrected chi connectivity index (χ1v) is 8.81. The molecule has 0 unspecified atom stereocenters. The van der Waals surface area contributed by atoms with E-state index >= 15 is 0 Å². The lowest BCUT2D eigenvalue weighted by Gasteiger charge is -2.09. The summed E-state index contributed by atoms with van der Waals surface area (Å²) >= 11 is 4.50. The molecule has 1 aromatic heterocycles. The molecule has 6 nitrogen and oxygen atoms in total. The predicted octanol–water partition coefficient (Wildman–Crippen LogP) is 4.15. The minimum absolute atomic E-state index is 0.154. The van der Waals surface area contributed by atoms with Gasteiger partial charge in [-0.1, -0.05) is 12.1 Å². The van der Waals surface area contributed by atoms with Crippen molar-refractivity contribution in [2.24, 2.45) is 0 Å². The maximum atomic E-state index is 5.78. The van der Waals surface area contributed by atoms with Crippen molar-refractivity contribution in [1.29, 1.82) is 0 Å². The zero-order valence-electron chi connectivity index (χ0n) is 11.8. The number of hydrogen-bond acceptors (Lipinski definition) is 6. The first kappa shape index (κ1) is 16.2. The van der Waals surface area contributed by atoms with Gasteiger partial charge in [0.05, 0.1) is 0 Å². The molecule has 1 heterocycles. The summed E-state index contributed by atoms with van der Waals surface area (Å²) in [6.45, 7) is 0. The molecule has 4 N–H and O–H groups in total. The number of benzene rings is 2. The Morgan fingerprint density at radius 3 is 1.65 bits per heavy atom. The van der Waals surface area contributed by atoms with E-state index < -0.39 is 0 Å². The van der Waals surface area contributed by atoms with E-state index in [4.69, 9.17) is 5.73 Å². The van der Waals surface area contributed by atoms with Gasteiger partial charge in [-0.05, 0) is 81.6 Å². The third-order valence-corrected chi connectivity index (χ3v) is 4.16. The molecule has 0 aliphatic rings. The van der Waals surface area contributed by atoms with Crippen LogP contribution in [-0.2, 0) is 0 Å². The number of nitrogens with two attached hydrogens (primary N) is 1. The molecule has 0 fully saturated rings. The van der Waals surface area contributed by atoms with E-state index in [9.17, 15) is 0 Å². The minimum Gasteiger partial charge on any atom is -0.368 e. The second-order valence-corrected chi connectivity index (χ2v) is 7.10. The van der Waals surface area contributed by atoms with Crippen molar-refractivity contribution in [3.8, 4) is 0 Å². The maximum Gasteiger partial charge on any atom is 0.233 e. The molecule has 0 saturated carbocycles. The summed E-state index contributed by atoms with van der Waals surface area (Å²) < 4.78 is 2.23. The van der Waals surface area contributed by atoms with Crippen LogP contribution in [0.3, 0.4) is 0 Å². The Bertz CT molecular complexity index is 774. The summed E-state index contributed by atoms with van der Waals surface area (Å²) in [5.41, 5.74) is 7.56. The van der Waals surface area contributed by atoms with E-state index in [0.29, 0.717) is 11.9 Å². The molecule has 3 rings (SSSR count). The minimum atomic E-state index is 0.154. The van der Waals surface area contributed by atoms with Crippen LogP contribution in [0.25, 0.3) is 0 Å². The van der Waals surface area contributed by atoms with Gasteiger partial charge < -0.3 is 16.4 Å². The highest BCUT2D eigenvalue weighted by Crippen LogP contribution is 2.20. The number of nitrogen functional groups attached to an aromatic ring is 1. The predicted molar refractivity (Wildman–Crippen MR) is 109 cm³/mol. The fraction of sp³-hybridized carbons (Fsp3) is 0. The average molecular weight is 530 g/mol. The van der Waals surface area contributed by atoms with Gasteiger partial charge in [0.15, 0.2) is 0 Å². The topological polar surface area (TPSA) is 88.8 Å². The molecule has 0 radical (unpaired) electrons. The zero-order valence-corrected chi connectivity index (χ0v) is 16.1. The van der Waals surface area contributed by atoms with Gasteiger partial charge in [0.25, 0.3) is 0 Å². The van der Waals surface area contributed by atoms with E-state index in [1.54, 1.807) is 0 Å². The number of halogens is 2. The third-order valence-electron chi connectivity index (χ3n) is 2.81. The number of anilines is 5. The molecule has 0 aliphatic carbocycles. The van der Waals surface area contributed by atoms with Crippen molar-refractivity contribution in [1.82, 2.24) is 15.0 Å². The lowest BCUT2D eigenvalue weighted by Crippen LogP contribution is -2.07. The van der Waals surface area contributed by atoms with Crippen LogP contribution < -0.4 is 16.4 Å². The molecule has 0 aliphatic heterocycles. The number of aromatic nitrogens is 3. The summed E-state index contributed by atoms with van der Waals surface area (Å²) in [4.78, 5) is 12.6. The van der Waals surface area contributed by atoms with E-state index in [2.05, 4.69) is 70.8 Å². The van der Waals surface area contributed by atoms with Gasteiger partial charge in [0.1, 0.15) is 0 Å². The third kappa shape index (κ3) is 4.64. The van der Waals surface area contributed by atoms with E-state index in [-0.39, 0.29) is 5.95 Å². The molecule has 23 heavy (non-hydrogen) atoms. The lowest BCUT2D eigenvalue weighted by molar-refractivity contribution is 1.07. The number of nitrogens with zero attached hydrogens (tertiary/aromatic N) is 3. The van der Waals surface area contributed by atoms with Gasteiger partial charge in [0, 0.05) is 18.5 Å². The van der Waals surface area contributed by atoms with Gasteiger partial charge in [0.2, 0.25) is 17.8 Å². The van der Waals surface area contributed by atoms with E-state index in [0.717, 1.165) is 18.5 Å². The highest BCUT2D eigenvalue weighted by atomic mass is 127. The number of hydrogen-bond donors (Lipinski definition) is 3. The summed E-state index contributed by atoms with van der Waals surface area (Å²) in [5, 5.41) is 6.27. The largest absolute Gasteiger partial charge is 0.368 e. The fourth-order valence-electron chi connectivity index (χ4n) is 1.89. The first-order chi connectivity index (χ1) is 11.1. The first-order valence-electron chi connectivity index (χ1n) is 6.65. The van der Waals surface area contributed by atoms with Crippen molar-refractivity contribution in [3.05, 3.63) is 55.7 Å². The fourth-order valence-corrected chi connectivity index (χ4v) is 2.98. The molecular weight excluding hydrogens is 518 g/mol. The Balaban J connectivity index is 1.84. The Kier molecular flexibility index (Phi) is 5.10. The van der Waals surface area contributed by atoms with Gasteiger partial charge >= 0.3 is 0 Å². The van der Waals surface area contributed by atoms with Crippen LogP contribution >= 0.6 is 45.2 Å². The Hall–Kier alpha value is -1.69. The molecule has 3 aromatic rings. The Morgan fingerprint density at radius 2 is 1.22 bits per heavy atom. The summed E-state index contributed by atoms with van der Waals surface area (Å²) in [5.74, 6) is 0.946. The van der Waals surface area contributed by atoms with Crippen LogP contribution in [0.1, 0.15) is 0 Å². The van der Waals surface area contributed by atoms with Crippen LogP contribution in [0.15, 0.2) is 48.5 Å². The van der Waals surface area contributed by atoms with Gasteiger partial charge in [-0.15, -0.1) is 0 Å². The number of nitrogens with one attached hydrogen (secondary N) is 2. The molecule has 0 saturated heterocycles. The second kappa shape index (κ2) is 7.25. The number of rotatable bonds is 4. The van der Waals surface area contributed by atoms with Crippen LogP contribution in [0, 0.1) is 7.14 Å². The molecule has 0 bridgehead atoms. The van der Waals surface area contributed by atoms with Gasteiger partial charge in [-0.2, -0.15) is 15.0 Å². The normalized spacial score (nSPS) is 10.3. The molecular formula is C15H12I2N6. The summed E-state index contributed by atoms with van der Waals surface area (Å²) in [6, 6.07) is 15.8. The molecule has 8 heteroatoms. The average Bonchev–Trinajstić information content (AvgIpc) is 2.46. The quantitative estimate of drug-likeness (QED) is 0.440. The second-order valence-electron chi connectivity index (χ2n) is 4.61. The van der Waals surface area contributed by atoms with Crippen molar-refractivity contribution in [3.63, 3.8) is 0 Å². The van der Waals surface area contributed by atoms with E-state index in [1.165, 1.54) is 0 Å². The molecule has 0 amide bonds. The van der Waals surface area contributed by atoms with Crippen LogP contribution in [0.4, 0.5) is 29.2 Å². The van der Waals surface area contributed by atoms with Crippen molar-refractivity contribution < 1.29 is 0 Å².